The first-order chi connectivity index (χ1) is 17.8. The normalized spacial score (nSPS) is 15.8. The summed E-state index contributed by atoms with van der Waals surface area (Å²) in [5.41, 5.74) is 2.12. The molecule has 11 heteroatoms. The molecule has 2 heterocycles. The third-order valence-electron chi connectivity index (χ3n) is 6.68. The van der Waals surface area contributed by atoms with Crippen molar-refractivity contribution in [3.8, 4) is 5.75 Å². The average molecular weight is 529 g/mol. The quantitative estimate of drug-likeness (QED) is 0.557. The molecule has 0 spiro atoms. The van der Waals surface area contributed by atoms with Gasteiger partial charge in [-0.3, -0.25) is 9.59 Å². The van der Waals surface area contributed by atoms with E-state index in [1.807, 2.05) is 23.1 Å². The van der Waals surface area contributed by atoms with Crippen LogP contribution in [0.3, 0.4) is 0 Å². The van der Waals surface area contributed by atoms with Gasteiger partial charge in [0.25, 0.3) is 5.91 Å². The fourth-order valence-corrected chi connectivity index (χ4v) is 4.89. The van der Waals surface area contributed by atoms with Gasteiger partial charge in [0.05, 0.1) is 26.3 Å². The van der Waals surface area contributed by atoms with Crippen molar-refractivity contribution in [3.63, 3.8) is 0 Å². The van der Waals surface area contributed by atoms with Gasteiger partial charge in [0, 0.05) is 41.9 Å². The summed E-state index contributed by atoms with van der Waals surface area (Å²) >= 11 is 6.02. The van der Waals surface area contributed by atoms with Gasteiger partial charge in [-0.05, 0) is 61.2 Å². The molecule has 0 saturated carbocycles. The number of anilines is 1. The predicted molar refractivity (Wildman–Crippen MR) is 137 cm³/mol. The zero-order valence-corrected chi connectivity index (χ0v) is 21.5. The highest BCUT2D eigenvalue weighted by molar-refractivity contribution is 6.31. The van der Waals surface area contributed by atoms with Gasteiger partial charge in [-0.25, -0.2) is 9.59 Å². The molecule has 0 unspecified atom stereocenters. The molecule has 0 atom stereocenters. The molecule has 4 amide bonds. The van der Waals surface area contributed by atoms with Crippen LogP contribution in [0.25, 0.3) is 0 Å². The summed E-state index contributed by atoms with van der Waals surface area (Å²) in [6, 6.07) is 9.66. The Hall–Kier alpha value is -3.79. The van der Waals surface area contributed by atoms with Crippen LogP contribution in [0.15, 0.2) is 36.4 Å². The van der Waals surface area contributed by atoms with Crippen molar-refractivity contribution in [3.05, 3.63) is 58.1 Å². The number of benzene rings is 2. The molecule has 0 aliphatic carbocycles. The van der Waals surface area contributed by atoms with E-state index in [1.165, 1.54) is 25.3 Å². The van der Waals surface area contributed by atoms with E-state index >= 15 is 0 Å². The van der Waals surface area contributed by atoms with Gasteiger partial charge >= 0.3 is 12.0 Å². The molecule has 2 N–H and O–H groups in total. The highest BCUT2D eigenvalue weighted by Gasteiger charge is 2.31. The average Bonchev–Trinajstić information content (AvgIpc) is 3.08. The Balaban J connectivity index is 1.29. The first-order valence-electron chi connectivity index (χ1n) is 12.0. The Kier molecular flexibility index (Phi) is 8.17. The maximum atomic E-state index is 12.9. The lowest BCUT2D eigenvalue weighted by atomic mass is 10.0. The molecule has 1 saturated heterocycles. The molecule has 196 valence electrons. The second kappa shape index (κ2) is 11.5. The lowest BCUT2D eigenvalue weighted by molar-refractivity contribution is -0.131. The summed E-state index contributed by atoms with van der Waals surface area (Å²) in [7, 11) is 2.85. The van der Waals surface area contributed by atoms with Gasteiger partial charge in [-0.1, -0.05) is 11.6 Å². The van der Waals surface area contributed by atoms with Crippen LogP contribution in [-0.2, 0) is 16.0 Å². The molecule has 0 radical (unpaired) electrons. The van der Waals surface area contributed by atoms with Gasteiger partial charge < -0.3 is 29.9 Å². The van der Waals surface area contributed by atoms with Crippen LogP contribution in [-0.4, -0.2) is 80.1 Å². The third-order valence-corrected chi connectivity index (χ3v) is 6.89. The number of nitrogens with one attached hydrogen (secondary N) is 2. The smallest absolute Gasteiger partial charge is 0.337 e. The lowest BCUT2D eigenvalue weighted by Crippen LogP contribution is -2.51. The maximum absolute atomic E-state index is 12.9. The Morgan fingerprint density at radius 2 is 1.78 bits per heavy atom. The molecule has 0 aromatic heterocycles. The molecule has 2 aromatic carbocycles. The summed E-state index contributed by atoms with van der Waals surface area (Å²) in [6.07, 6.45) is 1.99. The van der Waals surface area contributed by atoms with Crippen LogP contribution in [0, 0.1) is 0 Å². The van der Waals surface area contributed by atoms with E-state index in [-0.39, 0.29) is 40.7 Å². The number of rotatable bonds is 6. The van der Waals surface area contributed by atoms with Crippen molar-refractivity contribution >= 4 is 41.1 Å². The fraction of sp³-hybridized carbons (Fsp3) is 0.385. The molecular weight excluding hydrogens is 500 g/mol. The summed E-state index contributed by atoms with van der Waals surface area (Å²) < 4.78 is 9.97. The molecule has 2 aliphatic rings. The zero-order valence-electron chi connectivity index (χ0n) is 20.7. The molecule has 1 fully saturated rings. The van der Waals surface area contributed by atoms with Gasteiger partial charge in [-0.2, -0.15) is 0 Å². The van der Waals surface area contributed by atoms with Crippen LogP contribution in [0.1, 0.15) is 39.1 Å². The van der Waals surface area contributed by atoms with Gasteiger partial charge in [0.1, 0.15) is 5.75 Å². The molecule has 10 nitrogen and oxygen atoms in total. The van der Waals surface area contributed by atoms with Crippen LogP contribution >= 0.6 is 11.6 Å². The first kappa shape index (κ1) is 26.3. The second-order valence-corrected chi connectivity index (χ2v) is 9.35. The van der Waals surface area contributed by atoms with E-state index in [9.17, 15) is 19.2 Å². The predicted octanol–water partition coefficient (Wildman–Crippen LogP) is 2.95. The van der Waals surface area contributed by atoms with Gasteiger partial charge in [-0.15, -0.1) is 0 Å². The highest BCUT2D eigenvalue weighted by atomic mass is 35.5. The van der Waals surface area contributed by atoms with Crippen LogP contribution < -0.4 is 15.4 Å². The highest BCUT2D eigenvalue weighted by Crippen LogP contribution is 2.27. The van der Waals surface area contributed by atoms with E-state index in [0.29, 0.717) is 38.9 Å². The van der Waals surface area contributed by atoms with E-state index in [2.05, 4.69) is 15.4 Å². The SMILES string of the molecule is COC(=O)c1cc(Cl)cc(C(=O)NCC(=O)N2CCC(N3CCc4cc(OC)ccc4NC3=O)CC2)c1. The molecule has 2 aromatic rings. The molecule has 2 aliphatic heterocycles. The van der Waals surface area contributed by atoms with E-state index in [0.717, 1.165) is 17.0 Å². The van der Waals surface area contributed by atoms with Crippen LogP contribution in [0.2, 0.25) is 5.02 Å². The summed E-state index contributed by atoms with van der Waals surface area (Å²) in [4.78, 5) is 53.5. The van der Waals surface area contributed by atoms with Gasteiger partial charge in [0.2, 0.25) is 5.91 Å². The van der Waals surface area contributed by atoms with Crippen molar-refractivity contribution in [2.45, 2.75) is 25.3 Å². The minimum absolute atomic E-state index is 0.0121. The maximum Gasteiger partial charge on any atom is 0.337 e. The third kappa shape index (κ3) is 6.14. The Morgan fingerprint density at radius 3 is 2.49 bits per heavy atom. The topological polar surface area (TPSA) is 117 Å². The number of urea groups is 1. The number of amides is 4. The number of nitrogens with zero attached hydrogens (tertiary/aromatic N) is 2. The largest absolute Gasteiger partial charge is 0.497 e. The minimum atomic E-state index is -0.614. The van der Waals surface area contributed by atoms with Gasteiger partial charge in [0.15, 0.2) is 0 Å². The van der Waals surface area contributed by atoms with Crippen molar-refractivity contribution in [2.24, 2.45) is 0 Å². The van der Waals surface area contributed by atoms with E-state index < -0.39 is 11.9 Å². The fourth-order valence-electron chi connectivity index (χ4n) is 4.66. The number of methoxy groups -OCH3 is 2. The number of esters is 1. The van der Waals surface area contributed by atoms with Crippen molar-refractivity contribution in [1.82, 2.24) is 15.1 Å². The number of halogens is 1. The number of hydrogen-bond donors (Lipinski definition) is 2. The second-order valence-electron chi connectivity index (χ2n) is 8.91. The Labute approximate surface area is 219 Å². The summed E-state index contributed by atoms with van der Waals surface area (Å²) in [5, 5.41) is 5.79. The molecular formula is C26H29ClN4O6. The number of hydrogen-bond acceptors (Lipinski definition) is 6. The van der Waals surface area contributed by atoms with E-state index in [1.54, 1.807) is 12.0 Å². The zero-order chi connectivity index (χ0) is 26.5. The number of carbonyl (C=O) groups excluding carboxylic acids is 4. The van der Waals surface area contributed by atoms with E-state index in [4.69, 9.17) is 16.3 Å². The monoisotopic (exact) mass is 528 g/mol. The number of piperidine rings is 1. The summed E-state index contributed by atoms with van der Waals surface area (Å²) in [6.45, 7) is 1.35. The Morgan fingerprint density at radius 1 is 1.05 bits per heavy atom. The minimum Gasteiger partial charge on any atom is -0.497 e. The first-order valence-corrected chi connectivity index (χ1v) is 12.4. The molecule has 0 bridgehead atoms. The summed E-state index contributed by atoms with van der Waals surface area (Å²) in [5.74, 6) is -0.605. The standard InChI is InChI=1S/C26H29ClN4O6/c1-36-21-3-4-22-16(14-21)5-10-31(26(35)29-22)20-6-8-30(9-7-20)23(32)15-28-24(33)17-11-18(25(34)37-2)13-19(27)12-17/h3-4,11-14,20H,5-10,15H2,1-2H3,(H,28,33)(H,29,35). The van der Waals surface area contributed by atoms with Crippen molar-refractivity contribution in [1.29, 1.82) is 0 Å². The lowest BCUT2D eigenvalue weighted by Gasteiger charge is -2.38. The van der Waals surface area contributed by atoms with Crippen LogP contribution in [0.5, 0.6) is 5.75 Å². The van der Waals surface area contributed by atoms with Crippen LogP contribution in [0.4, 0.5) is 10.5 Å². The molecule has 37 heavy (non-hydrogen) atoms. The van der Waals surface area contributed by atoms with Crippen molar-refractivity contribution < 1.29 is 28.7 Å². The van der Waals surface area contributed by atoms with Crippen molar-refractivity contribution in [2.75, 3.05) is 45.7 Å². The number of fused-ring (bicyclic) bond motifs is 1. The number of ether oxygens (including phenoxy) is 2. The number of likely N-dealkylation sites (tertiary alicyclic amines) is 1. The number of carbonyl (C=O) groups is 4. The Bertz CT molecular complexity index is 1210. The molecule has 4 rings (SSSR count).